The average molecular weight is 345 g/mol. The first-order valence-corrected chi connectivity index (χ1v) is 8.47. The van der Waals surface area contributed by atoms with Crippen LogP contribution in [0.5, 0.6) is 0 Å². The number of halogens is 1. The van der Waals surface area contributed by atoms with Crippen molar-refractivity contribution < 1.29 is 9.18 Å². The Bertz CT molecular complexity index is 752. The molecule has 0 unspecified atom stereocenters. The van der Waals surface area contributed by atoms with Crippen molar-refractivity contribution in [3.8, 4) is 0 Å². The molecule has 1 aliphatic heterocycles. The number of aryl methyl sites for hydroxylation is 1. The molecule has 6 nitrogen and oxygen atoms in total. The minimum atomic E-state index is -0.324. The molecule has 1 aromatic heterocycles. The Labute approximate surface area is 147 Å². The summed E-state index contributed by atoms with van der Waals surface area (Å²) in [6, 6.07) is 4.47. The smallest absolute Gasteiger partial charge is 0.287 e. The third kappa shape index (κ3) is 3.82. The van der Waals surface area contributed by atoms with Crippen molar-refractivity contribution in [2.24, 2.45) is 7.05 Å². The van der Waals surface area contributed by atoms with Crippen LogP contribution in [0.1, 0.15) is 29.1 Å². The first-order valence-electron chi connectivity index (χ1n) is 8.47. The van der Waals surface area contributed by atoms with Gasteiger partial charge in [0, 0.05) is 56.9 Å². The monoisotopic (exact) mass is 345 g/mol. The second-order valence-electron chi connectivity index (χ2n) is 6.55. The maximum Gasteiger partial charge on any atom is 0.287 e. The number of hydrogen-bond acceptors (Lipinski definition) is 4. The van der Waals surface area contributed by atoms with Gasteiger partial charge in [0.15, 0.2) is 5.82 Å². The van der Waals surface area contributed by atoms with E-state index in [4.69, 9.17) is 0 Å². The summed E-state index contributed by atoms with van der Waals surface area (Å²) >= 11 is 0. The third-order valence-corrected chi connectivity index (χ3v) is 4.67. The first kappa shape index (κ1) is 17.4. The largest absolute Gasteiger partial charge is 0.369 e. The van der Waals surface area contributed by atoms with Crippen LogP contribution in [-0.2, 0) is 7.05 Å². The van der Waals surface area contributed by atoms with Crippen LogP contribution in [0, 0.1) is 5.82 Å². The number of carbonyl (C=O) groups is 1. The van der Waals surface area contributed by atoms with Crippen LogP contribution in [0.3, 0.4) is 0 Å². The maximum atomic E-state index is 13.9. The van der Waals surface area contributed by atoms with E-state index in [1.165, 1.54) is 12.1 Å². The molecule has 2 heterocycles. The maximum absolute atomic E-state index is 13.9. The normalized spacial score (nSPS) is 16.7. The lowest BCUT2D eigenvalue weighted by molar-refractivity contribution is 0.0926. The van der Waals surface area contributed by atoms with E-state index in [0.717, 1.165) is 37.4 Å². The first-order chi connectivity index (χ1) is 12.0. The van der Waals surface area contributed by atoms with Crippen LogP contribution < -0.4 is 10.2 Å². The third-order valence-electron chi connectivity index (χ3n) is 4.67. The Hall–Kier alpha value is -2.41. The fraction of sp³-hybridized carbons (Fsp3) is 0.444. The lowest BCUT2D eigenvalue weighted by Crippen LogP contribution is -2.45. The molecule has 1 aromatic carbocycles. The van der Waals surface area contributed by atoms with Gasteiger partial charge in [-0.25, -0.2) is 9.37 Å². The Morgan fingerprint density at radius 2 is 1.96 bits per heavy atom. The number of hydrogen-bond donors (Lipinski definition) is 1. The summed E-state index contributed by atoms with van der Waals surface area (Å²) in [5, 5.41) is 2.93. The number of carbonyl (C=O) groups excluding carboxylic acids is 1. The molecule has 1 amide bonds. The van der Waals surface area contributed by atoms with E-state index in [0.29, 0.717) is 5.82 Å². The van der Waals surface area contributed by atoms with Crippen molar-refractivity contribution >= 4 is 11.6 Å². The van der Waals surface area contributed by atoms with E-state index < -0.39 is 0 Å². The number of nitrogens with one attached hydrogen (secondary N) is 1. The molecule has 134 valence electrons. The molecule has 1 fully saturated rings. The zero-order valence-corrected chi connectivity index (χ0v) is 14.9. The van der Waals surface area contributed by atoms with Gasteiger partial charge in [-0.3, -0.25) is 4.79 Å². The highest BCUT2D eigenvalue weighted by atomic mass is 19.1. The number of anilines is 1. The van der Waals surface area contributed by atoms with E-state index >= 15 is 0 Å². The molecule has 0 aliphatic carbocycles. The lowest BCUT2D eigenvalue weighted by Gasteiger charge is -2.36. The number of benzene rings is 1. The van der Waals surface area contributed by atoms with Gasteiger partial charge in [0.05, 0.1) is 6.04 Å². The van der Waals surface area contributed by atoms with Crippen molar-refractivity contribution in [2.75, 3.05) is 38.1 Å². The predicted octanol–water partition coefficient (Wildman–Crippen LogP) is 1.80. The fourth-order valence-corrected chi connectivity index (χ4v) is 3.13. The van der Waals surface area contributed by atoms with Crippen molar-refractivity contribution in [3.05, 3.63) is 47.8 Å². The highest BCUT2D eigenvalue weighted by Crippen LogP contribution is 2.28. The molecule has 0 bridgehead atoms. The molecule has 3 rings (SSSR count). The summed E-state index contributed by atoms with van der Waals surface area (Å²) in [6.07, 6.45) is 3.30. The molecule has 0 spiro atoms. The number of piperazine rings is 1. The molecule has 0 radical (unpaired) electrons. The summed E-state index contributed by atoms with van der Waals surface area (Å²) in [6.45, 7) is 5.56. The van der Waals surface area contributed by atoms with Crippen LogP contribution in [0.15, 0.2) is 30.6 Å². The minimum Gasteiger partial charge on any atom is -0.369 e. The van der Waals surface area contributed by atoms with Crippen LogP contribution in [-0.4, -0.2) is 53.6 Å². The SMILES string of the molecule is C[C@@H](NC(=O)c1nccn1C)c1cc(F)ccc1N1CCN(C)CC1. The molecule has 1 atom stereocenters. The van der Waals surface area contributed by atoms with E-state index in [-0.39, 0.29) is 17.8 Å². The van der Waals surface area contributed by atoms with E-state index in [1.807, 2.05) is 6.92 Å². The average Bonchev–Trinajstić information content (AvgIpc) is 3.02. The van der Waals surface area contributed by atoms with Crippen LogP contribution in [0.4, 0.5) is 10.1 Å². The Kier molecular flexibility index (Phi) is 5.03. The predicted molar refractivity (Wildman–Crippen MR) is 95.2 cm³/mol. The fourth-order valence-electron chi connectivity index (χ4n) is 3.13. The van der Waals surface area contributed by atoms with Crippen molar-refractivity contribution in [1.82, 2.24) is 19.8 Å². The van der Waals surface area contributed by atoms with Crippen molar-refractivity contribution in [2.45, 2.75) is 13.0 Å². The molecule has 1 N–H and O–H groups in total. The number of rotatable bonds is 4. The molecule has 25 heavy (non-hydrogen) atoms. The van der Waals surface area contributed by atoms with Gasteiger partial charge >= 0.3 is 0 Å². The summed E-state index contributed by atoms with van der Waals surface area (Å²) in [5.41, 5.74) is 1.76. The number of imidazole rings is 1. The Morgan fingerprint density at radius 1 is 1.24 bits per heavy atom. The van der Waals surface area contributed by atoms with Crippen LogP contribution >= 0.6 is 0 Å². The standard InChI is InChI=1S/C18H24FN5O/c1-13(21-18(25)17-20-6-7-23(17)3)15-12-14(19)4-5-16(15)24-10-8-22(2)9-11-24/h4-7,12-13H,8-11H2,1-3H3,(H,21,25)/t13-/m1/s1. The van der Waals surface area contributed by atoms with Gasteiger partial charge in [0.1, 0.15) is 5.82 Å². The number of amides is 1. The van der Waals surface area contributed by atoms with Crippen LogP contribution in [0.2, 0.25) is 0 Å². The molecule has 1 aliphatic rings. The second kappa shape index (κ2) is 7.23. The molecular weight excluding hydrogens is 321 g/mol. The van der Waals surface area contributed by atoms with E-state index in [1.54, 1.807) is 30.1 Å². The topological polar surface area (TPSA) is 53.4 Å². The quantitative estimate of drug-likeness (QED) is 0.918. The summed E-state index contributed by atoms with van der Waals surface area (Å²) in [7, 11) is 3.86. The van der Waals surface area contributed by atoms with E-state index in [2.05, 4.69) is 27.1 Å². The number of nitrogens with zero attached hydrogens (tertiary/aromatic N) is 4. The van der Waals surface area contributed by atoms with Gasteiger partial charge in [0.25, 0.3) is 5.91 Å². The van der Waals surface area contributed by atoms with Gasteiger partial charge in [-0.15, -0.1) is 0 Å². The molecule has 2 aromatic rings. The summed E-state index contributed by atoms with van der Waals surface area (Å²) in [5.74, 6) is -0.232. The van der Waals surface area contributed by atoms with Gasteiger partial charge in [-0.1, -0.05) is 0 Å². The number of aromatic nitrogens is 2. The Balaban J connectivity index is 1.81. The zero-order valence-electron chi connectivity index (χ0n) is 14.9. The Morgan fingerprint density at radius 3 is 2.60 bits per heavy atom. The van der Waals surface area contributed by atoms with E-state index in [9.17, 15) is 9.18 Å². The summed E-state index contributed by atoms with van der Waals surface area (Å²) in [4.78, 5) is 21.0. The van der Waals surface area contributed by atoms with Gasteiger partial charge < -0.3 is 19.7 Å². The van der Waals surface area contributed by atoms with Gasteiger partial charge in [0.2, 0.25) is 0 Å². The second-order valence-corrected chi connectivity index (χ2v) is 6.55. The molecule has 7 heteroatoms. The molecular formula is C18H24FN5O. The minimum absolute atomic E-state index is 0.270. The van der Waals surface area contributed by atoms with Gasteiger partial charge in [-0.2, -0.15) is 0 Å². The van der Waals surface area contributed by atoms with Gasteiger partial charge in [-0.05, 0) is 32.2 Å². The molecule has 0 saturated carbocycles. The zero-order chi connectivity index (χ0) is 18.0. The lowest BCUT2D eigenvalue weighted by atomic mass is 10.0. The van der Waals surface area contributed by atoms with Crippen molar-refractivity contribution in [1.29, 1.82) is 0 Å². The summed E-state index contributed by atoms with van der Waals surface area (Å²) < 4.78 is 15.5. The molecule has 1 saturated heterocycles. The number of likely N-dealkylation sites (N-methyl/N-ethyl adjacent to an activating group) is 1. The van der Waals surface area contributed by atoms with Crippen LogP contribution in [0.25, 0.3) is 0 Å². The highest BCUT2D eigenvalue weighted by molar-refractivity contribution is 5.91. The van der Waals surface area contributed by atoms with Crippen molar-refractivity contribution in [3.63, 3.8) is 0 Å². The highest BCUT2D eigenvalue weighted by Gasteiger charge is 2.22.